The zero-order valence-electron chi connectivity index (χ0n) is 9.56. The zero-order valence-corrected chi connectivity index (χ0v) is 9.56. The van der Waals surface area contributed by atoms with Crippen LogP contribution in [0.3, 0.4) is 0 Å². The maximum absolute atomic E-state index is 11.4. The lowest BCUT2D eigenvalue weighted by molar-refractivity contribution is -0.122. The van der Waals surface area contributed by atoms with Gasteiger partial charge in [-0.25, -0.2) is 4.79 Å². The van der Waals surface area contributed by atoms with E-state index in [1.165, 1.54) is 0 Å². The van der Waals surface area contributed by atoms with Gasteiger partial charge in [-0.3, -0.25) is 14.7 Å². The van der Waals surface area contributed by atoms with Gasteiger partial charge in [0, 0.05) is 0 Å². The van der Waals surface area contributed by atoms with E-state index in [0.29, 0.717) is 16.7 Å². The van der Waals surface area contributed by atoms with Crippen LogP contribution >= 0.6 is 0 Å². The van der Waals surface area contributed by atoms with E-state index in [-0.39, 0.29) is 0 Å². The van der Waals surface area contributed by atoms with Crippen molar-refractivity contribution in [2.75, 3.05) is 14.1 Å². The summed E-state index contributed by atoms with van der Waals surface area (Å²) in [6.45, 7) is 0. The van der Waals surface area contributed by atoms with Crippen LogP contribution in [0, 0.1) is 0 Å². The number of amides is 1. The highest BCUT2D eigenvalue weighted by Gasteiger charge is 2.20. The molecule has 1 unspecified atom stereocenters. The largest absolute Gasteiger partial charge is 0.417 e. The zero-order chi connectivity index (χ0) is 12.6. The number of nitrogens with two attached hydrogens (primary N) is 1. The van der Waals surface area contributed by atoms with Gasteiger partial charge in [0.15, 0.2) is 5.58 Å². The molecule has 0 aliphatic heterocycles. The lowest BCUT2D eigenvalue weighted by atomic mass is 10.1. The molecule has 17 heavy (non-hydrogen) atoms. The van der Waals surface area contributed by atoms with Crippen LogP contribution in [0.4, 0.5) is 0 Å². The van der Waals surface area contributed by atoms with E-state index in [4.69, 9.17) is 10.2 Å². The van der Waals surface area contributed by atoms with E-state index in [1.807, 2.05) is 0 Å². The Kier molecular flexibility index (Phi) is 2.72. The van der Waals surface area contributed by atoms with E-state index >= 15 is 0 Å². The van der Waals surface area contributed by atoms with E-state index in [9.17, 15) is 9.59 Å². The topological polar surface area (TPSA) is 92.3 Å². The van der Waals surface area contributed by atoms with Gasteiger partial charge in [0.25, 0.3) is 0 Å². The number of nitrogens with zero attached hydrogens (tertiary/aromatic N) is 1. The number of H-pyrrole nitrogens is 1. The molecule has 0 fully saturated rings. The van der Waals surface area contributed by atoms with Crippen LogP contribution in [0.5, 0.6) is 0 Å². The predicted octanol–water partition coefficient (Wildman–Crippen LogP) is 0.209. The molecule has 0 radical (unpaired) electrons. The van der Waals surface area contributed by atoms with Crippen molar-refractivity contribution < 1.29 is 9.21 Å². The van der Waals surface area contributed by atoms with Crippen LogP contribution in [-0.4, -0.2) is 29.9 Å². The SMILES string of the molecule is CN(C)C(C(N)=O)c1ccc2[nH]c(=O)oc2c1. The first kappa shape index (κ1) is 11.4. The molecule has 0 bridgehead atoms. The van der Waals surface area contributed by atoms with Gasteiger partial charge in [-0.1, -0.05) is 6.07 Å². The standard InChI is InChI=1S/C11H13N3O3/c1-14(2)9(10(12)15)6-3-4-7-8(5-6)17-11(16)13-7/h3-5,9H,1-2H3,(H2,12,15)(H,13,16). The van der Waals surface area contributed by atoms with E-state index in [1.54, 1.807) is 37.2 Å². The predicted molar refractivity (Wildman–Crippen MR) is 62.5 cm³/mol. The van der Waals surface area contributed by atoms with Gasteiger partial charge < -0.3 is 10.2 Å². The van der Waals surface area contributed by atoms with Gasteiger partial charge in [0.2, 0.25) is 5.91 Å². The van der Waals surface area contributed by atoms with Crippen LogP contribution in [0.25, 0.3) is 11.1 Å². The minimum absolute atomic E-state index is 0.417. The smallest absolute Gasteiger partial charge is 0.408 e. The quantitative estimate of drug-likeness (QED) is 0.795. The first-order valence-corrected chi connectivity index (χ1v) is 5.07. The molecule has 1 atom stereocenters. The Labute approximate surface area is 97.0 Å². The number of carbonyl (C=O) groups excluding carboxylic acids is 1. The Morgan fingerprint density at radius 3 is 2.76 bits per heavy atom. The van der Waals surface area contributed by atoms with Crippen LogP contribution in [0.15, 0.2) is 27.4 Å². The number of hydrogen-bond donors (Lipinski definition) is 2. The molecular formula is C11H13N3O3. The van der Waals surface area contributed by atoms with E-state index < -0.39 is 17.7 Å². The summed E-state index contributed by atoms with van der Waals surface area (Å²) in [7, 11) is 3.51. The molecule has 2 rings (SSSR count). The van der Waals surface area contributed by atoms with Gasteiger partial charge >= 0.3 is 5.76 Å². The molecule has 1 aromatic carbocycles. The Balaban J connectivity index is 2.54. The fourth-order valence-electron chi connectivity index (χ4n) is 1.85. The number of aromatic nitrogens is 1. The monoisotopic (exact) mass is 235 g/mol. The number of likely N-dealkylation sites (N-methyl/N-ethyl adjacent to an activating group) is 1. The third-order valence-corrected chi connectivity index (χ3v) is 2.55. The van der Waals surface area contributed by atoms with E-state index in [2.05, 4.69) is 4.98 Å². The van der Waals surface area contributed by atoms with Crippen LogP contribution in [0.2, 0.25) is 0 Å². The van der Waals surface area contributed by atoms with Gasteiger partial charge in [0.05, 0.1) is 5.52 Å². The molecule has 0 spiro atoms. The molecule has 0 saturated carbocycles. The highest BCUT2D eigenvalue weighted by atomic mass is 16.4. The fourth-order valence-corrected chi connectivity index (χ4v) is 1.85. The number of carbonyl (C=O) groups is 1. The number of fused-ring (bicyclic) bond motifs is 1. The number of aromatic amines is 1. The Bertz CT molecular complexity index is 612. The minimum atomic E-state index is -0.542. The molecule has 0 aliphatic carbocycles. The molecule has 0 saturated heterocycles. The maximum Gasteiger partial charge on any atom is 0.417 e. The average molecular weight is 235 g/mol. The Morgan fingerprint density at radius 2 is 2.18 bits per heavy atom. The molecule has 0 aliphatic rings. The summed E-state index contributed by atoms with van der Waals surface area (Å²) >= 11 is 0. The molecule has 2 aromatic rings. The van der Waals surface area contributed by atoms with Gasteiger partial charge in [0.1, 0.15) is 6.04 Å². The first-order chi connectivity index (χ1) is 7.99. The van der Waals surface area contributed by atoms with Crippen LogP contribution in [-0.2, 0) is 4.79 Å². The summed E-state index contributed by atoms with van der Waals surface area (Å²) in [5.41, 5.74) is 7.05. The van der Waals surface area contributed by atoms with Crippen molar-refractivity contribution in [2.24, 2.45) is 5.73 Å². The summed E-state index contributed by atoms with van der Waals surface area (Å²) in [4.78, 5) is 26.6. The number of rotatable bonds is 3. The number of hydrogen-bond acceptors (Lipinski definition) is 4. The summed E-state index contributed by atoms with van der Waals surface area (Å²) < 4.78 is 4.94. The Hall–Kier alpha value is -2.08. The molecule has 6 heteroatoms. The number of primary amides is 1. The molecular weight excluding hydrogens is 222 g/mol. The van der Waals surface area contributed by atoms with Crippen molar-refractivity contribution in [3.63, 3.8) is 0 Å². The van der Waals surface area contributed by atoms with Crippen molar-refractivity contribution >= 4 is 17.0 Å². The third-order valence-electron chi connectivity index (χ3n) is 2.55. The normalized spacial score (nSPS) is 13.1. The summed E-state index contributed by atoms with van der Waals surface area (Å²) in [5, 5.41) is 0. The minimum Gasteiger partial charge on any atom is -0.408 e. The second kappa shape index (κ2) is 4.06. The second-order valence-corrected chi connectivity index (χ2v) is 4.04. The lowest BCUT2D eigenvalue weighted by Crippen LogP contribution is -2.32. The molecule has 1 aromatic heterocycles. The molecule has 1 amide bonds. The highest BCUT2D eigenvalue weighted by molar-refractivity contribution is 5.83. The average Bonchev–Trinajstić information content (AvgIpc) is 2.56. The van der Waals surface area contributed by atoms with Gasteiger partial charge in [-0.05, 0) is 31.8 Å². The molecule has 1 heterocycles. The van der Waals surface area contributed by atoms with Gasteiger partial charge in [-0.15, -0.1) is 0 Å². The van der Waals surface area contributed by atoms with Gasteiger partial charge in [-0.2, -0.15) is 0 Å². The Morgan fingerprint density at radius 1 is 1.47 bits per heavy atom. The van der Waals surface area contributed by atoms with Crippen LogP contribution in [0.1, 0.15) is 11.6 Å². The number of oxazole rings is 1. The lowest BCUT2D eigenvalue weighted by Gasteiger charge is -2.21. The second-order valence-electron chi connectivity index (χ2n) is 4.04. The number of benzene rings is 1. The highest BCUT2D eigenvalue weighted by Crippen LogP contribution is 2.21. The van der Waals surface area contributed by atoms with Crippen molar-refractivity contribution in [2.45, 2.75) is 6.04 Å². The molecule has 6 nitrogen and oxygen atoms in total. The van der Waals surface area contributed by atoms with Crippen LogP contribution < -0.4 is 11.5 Å². The number of nitrogens with one attached hydrogen (secondary N) is 1. The summed E-state index contributed by atoms with van der Waals surface area (Å²) in [6, 6.07) is 4.53. The van der Waals surface area contributed by atoms with Crippen molar-refractivity contribution in [3.8, 4) is 0 Å². The third kappa shape index (κ3) is 2.07. The van der Waals surface area contributed by atoms with E-state index in [0.717, 1.165) is 0 Å². The maximum atomic E-state index is 11.4. The fraction of sp³-hybridized carbons (Fsp3) is 0.273. The molecule has 3 N–H and O–H groups in total. The van der Waals surface area contributed by atoms with Crippen molar-refractivity contribution in [1.82, 2.24) is 9.88 Å². The van der Waals surface area contributed by atoms with Crippen molar-refractivity contribution in [1.29, 1.82) is 0 Å². The molecule has 90 valence electrons. The summed E-state index contributed by atoms with van der Waals surface area (Å²) in [5.74, 6) is -0.968. The van der Waals surface area contributed by atoms with Crippen molar-refractivity contribution in [3.05, 3.63) is 34.3 Å². The summed E-state index contributed by atoms with van der Waals surface area (Å²) in [6.07, 6.45) is 0. The first-order valence-electron chi connectivity index (χ1n) is 5.07.